The van der Waals surface area contributed by atoms with Gasteiger partial charge in [0.15, 0.2) is 0 Å². The minimum Gasteiger partial charge on any atom is -0.366 e. The van der Waals surface area contributed by atoms with E-state index >= 15 is 0 Å². The van der Waals surface area contributed by atoms with Gasteiger partial charge in [0.25, 0.3) is 0 Å². The van der Waals surface area contributed by atoms with Gasteiger partial charge in [-0.2, -0.15) is 0 Å². The molecule has 0 spiro atoms. The van der Waals surface area contributed by atoms with E-state index in [0.29, 0.717) is 0 Å². The smallest absolute Gasteiger partial charge is 0.204 e. The fourth-order valence-electron chi connectivity index (χ4n) is 2.92. The Kier molecular flexibility index (Phi) is 5.42. The average Bonchev–Trinajstić information content (AvgIpc) is 2.45. The van der Waals surface area contributed by atoms with Gasteiger partial charge in [-0.25, -0.2) is 4.58 Å². The molecule has 1 aliphatic heterocycles. The third-order valence-corrected chi connectivity index (χ3v) is 4.10. The SMILES string of the molecule is C=C1CCCCCN(c2ccc([N+](=C)C)cc2C)CC(=C)N1. The lowest BCUT2D eigenvalue weighted by Crippen LogP contribution is -2.32. The van der Waals surface area contributed by atoms with Crippen LogP contribution in [0.4, 0.5) is 11.4 Å². The molecule has 22 heavy (non-hydrogen) atoms. The molecule has 0 aromatic heterocycles. The van der Waals surface area contributed by atoms with Crippen molar-refractivity contribution in [1.82, 2.24) is 5.32 Å². The van der Waals surface area contributed by atoms with Gasteiger partial charge in [0.1, 0.15) is 13.8 Å². The van der Waals surface area contributed by atoms with E-state index in [-0.39, 0.29) is 0 Å². The summed E-state index contributed by atoms with van der Waals surface area (Å²) in [6.45, 7) is 16.2. The highest BCUT2D eigenvalue weighted by molar-refractivity contribution is 5.58. The Hall–Kier alpha value is -2.03. The Bertz CT molecular complexity index is 586. The number of allylic oxidation sites excluding steroid dienone is 1. The lowest BCUT2D eigenvalue weighted by Gasteiger charge is -2.29. The van der Waals surface area contributed by atoms with Crippen molar-refractivity contribution in [1.29, 1.82) is 0 Å². The fourth-order valence-corrected chi connectivity index (χ4v) is 2.92. The van der Waals surface area contributed by atoms with Crippen LogP contribution in [0.5, 0.6) is 0 Å². The maximum absolute atomic E-state index is 4.16. The van der Waals surface area contributed by atoms with Crippen LogP contribution in [0.2, 0.25) is 0 Å². The first kappa shape index (κ1) is 16.3. The highest BCUT2D eigenvalue weighted by Crippen LogP contribution is 2.26. The van der Waals surface area contributed by atoms with Gasteiger partial charge in [0, 0.05) is 35.8 Å². The van der Waals surface area contributed by atoms with Crippen LogP contribution in [0, 0.1) is 6.92 Å². The van der Waals surface area contributed by atoms with E-state index in [9.17, 15) is 0 Å². The van der Waals surface area contributed by atoms with Gasteiger partial charge in [-0.1, -0.05) is 19.6 Å². The van der Waals surface area contributed by atoms with Gasteiger partial charge >= 0.3 is 0 Å². The summed E-state index contributed by atoms with van der Waals surface area (Å²) in [5.74, 6) is 0. The molecule has 0 aliphatic carbocycles. The van der Waals surface area contributed by atoms with Crippen molar-refractivity contribution < 1.29 is 4.58 Å². The lowest BCUT2D eigenvalue weighted by atomic mass is 10.1. The van der Waals surface area contributed by atoms with E-state index in [2.05, 4.69) is 55.2 Å². The number of hydrogen-bond donors (Lipinski definition) is 1. The zero-order valence-corrected chi connectivity index (χ0v) is 14.0. The first-order valence-corrected chi connectivity index (χ1v) is 8.00. The van der Waals surface area contributed by atoms with Gasteiger partial charge in [-0.05, 0) is 37.8 Å². The third-order valence-electron chi connectivity index (χ3n) is 4.10. The van der Waals surface area contributed by atoms with E-state index in [1.165, 1.54) is 30.5 Å². The zero-order chi connectivity index (χ0) is 16.1. The topological polar surface area (TPSA) is 18.3 Å². The molecule has 3 nitrogen and oxygen atoms in total. The lowest BCUT2D eigenvalue weighted by molar-refractivity contribution is -0.394. The summed E-state index contributed by atoms with van der Waals surface area (Å²) < 4.78 is 1.89. The Labute approximate surface area is 134 Å². The molecule has 0 unspecified atom stereocenters. The monoisotopic (exact) mass is 298 g/mol. The van der Waals surface area contributed by atoms with E-state index < -0.39 is 0 Å². The zero-order valence-electron chi connectivity index (χ0n) is 14.0. The predicted octanol–water partition coefficient (Wildman–Crippen LogP) is 3.97. The van der Waals surface area contributed by atoms with Gasteiger partial charge in [0.2, 0.25) is 5.69 Å². The van der Waals surface area contributed by atoms with Gasteiger partial charge in [0.05, 0.1) is 6.54 Å². The normalized spacial score (nSPS) is 17.1. The fraction of sp³-hybridized carbons (Fsp3) is 0.421. The Morgan fingerprint density at radius 3 is 2.59 bits per heavy atom. The van der Waals surface area contributed by atoms with Crippen LogP contribution in [0.15, 0.2) is 42.8 Å². The maximum atomic E-state index is 4.16. The first-order chi connectivity index (χ1) is 10.5. The summed E-state index contributed by atoms with van der Waals surface area (Å²) in [4.78, 5) is 2.41. The summed E-state index contributed by atoms with van der Waals surface area (Å²) in [7, 11) is 1.97. The molecule has 0 atom stereocenters. The molecule has 1 aliphatic rings. The molecule has 1 aromatic rings. The number of nitrogens with one attached hydrogen (secondary N) is 1. The molecule has 1 saturated heterocycles. The van der Waals surface area contributed by atoms with Crippen LogP contribution in [0.3, 0.4) is 0 Å². The largest absolute Gasteiger partial charge is 0.366 e. The quantitative estimate of drug-likeness (QED) is 0.658. The first-order valence-electron chi connectivity index (χ1n) is 8.00. The maximum Gasteiger partial charge on any atom is 0.204 e. The highest BCUT2D eigenvalue weighted by Gasteiger charge is 2.14. The number of hydrogen-bond acceptors (Lipinski definition) is 2. The second-order valence-electron chi connectivity index (χ2n) is 6.23. The number of anilines is 1. The van der Waals surface area contributed by atoms with Crippen molar-refractivity contribution in [2.45, 2.75) is 32.6 Å². The van der Waals surface area contributed by atoms with Crippen LogP contribution in [0.1, 0.15) is 31.2 Å². The van der Waals surface area contributed by atoms with Crippen molar-refractivity contribution in [3.05, 3.63) is 48.3 Å². The number of nitrogens with zero attached hydrogens (tertiary/aromatic N) is 2. The standard InChI is InChI=1S/C19H28N3/c1-15-13-18(21(4)5)10-11-19(15)22-12-8-6-7-9-16(2)20-17(3)14-22/h10-11,13,20H,2-4,6-9,12,14H2,1,5H3/q+1. The van der Waals surface area contributed by atoms with Crippen LogP contribution in [0.25, 0.3) is 0 Å². The minimum absolute atomic E-state index is 0.819. The van der Waals surface area contributed by atoms with Gasteiger partial charge in [-0.15, -0.1) is 0 Å². The molecule has 1 aromatic carbocycles. The third kappa shape index (κ3) is 4.23. The minimum atomic E-state index is 0.819. The molecule has 0 radical (unpaired) electrons. The highest BCUT2D eigenvalue weighted by atomic mass is 15.1. The Morgan fingerprint density at radius 2 is 1.91 bits per heavy atom. The second-order valence-corrected chi connectivity index (χ2v) is 6.23. The molecular formula is C19H28N3+. The van der Waals surface area contributed by atoms with E-state index in [1.54, 1.807) is 0 Å². The summed E-state index contributed by atoms with van der Waals surface area (Å²) in [6.07, 6.45) is 4.68. The molecule has 2 rings (SSSR count). The number of rotatable bonds is 2. The van der Waals surface area contributed by atoms with E-state index in [4.69, 9.17) is 0 Å². The summed E-state index contributed by atoms with van der Waals surface area (Å²) in [6, 6.07) is 6.51. The van der Waals surface area contributed by atoms with E-state index in [0.717, 1.165) is 36.6 Å². The van der Waals surface area contributed by atoms with Crippen molar-refractivity contribution >= 4 is 18.1 Å². The number of aryl methyl sites for hydroxylation is 1. The predicted molar refractivity (Wildman–Crippen MR) is 96.2 cm³/mol. The summed E-state index contributed by atoms with van der Waals surface area (Å²) >= 11 is 0. The second kappa shape index (κ2) is 7.30. The van der Waals surface area contributed by atoms with Crippen molar-refractivity contribution in [3.63, 3.8) is 0 Å². The van der Waals surface area contributed by atoms with Crippen LogP contribution < -0.4 is 10.2 Å². The Balaban J connectivity index is 2.21. The van der Waals surface area contributed by atoms with E-state index in [1.807, 2.05) is 11.6 Å². The molecule has 0 saturated carbocycles. The van der Waals surface area contributed by atoms with Crippen LogP contribution >= 0.6 is 0 Å². The molecule has 3 heteroatoms. The number of benzene rings is 1. The van der Waals surface area contributed by atoms with Crippen LogP contribution in [-0.4, -0.2) is 31.4 Å². The molecule has 118 valence electrons. The van der Waals surface area contributed by atoms with Crippen molar-refractivity contribution in [3.8, 4) is 0 Å². The molecule has 0 bridgehead atoms. The summed E-state index contributed by atoms with van der Waals surface area (Å²) in [5.41, 5.74) is 5.78. The Morgan fingerprint density at radius 1 is 1.14 bits per heavy atom. The molecule has 1 heterocycles. The van der Waals surface area contributed by atoms with Crippen LogP contribution in [-0.2, 0) is 0 Å². The van der Waals surface area contributed by atoms with Gasteiger partial charge < -0.3 is 10.2 Å². The van der Waals surface area contributed by atoms with Gasteiger partial charge in [-0.3, -0.25) is 0 Å². The summed E-state index contributed by atoms with van der Waals surface area (Å²) in [5, 5.41) is 3.35. The van der Waals surface area contributed by atoms with Crippen molar-refractivity contribution in [2.75, 3.05) is 25.0 Å². The molecule has 0 amide bonds. The average molecular weight is 298 g/mol. The molecular weight excluding hydrogens is 270 g/mol. The molecule has 1 N–H and O–H groups in total. The van der Waals surface area contributed by atoms with Crippen molar-refractivity contribution in [2.24, 2.45) is 0 Å². The molecule has 1 fully saturated rings.